The van der Waals surface area contributed by atoms with Gasteiger partial charge in [-0.2, -0.15) is 4.39 Å². The SMILES string of the molecule is O=C(O)c1cc(SCc2cccc([N+](=O)[O-])c2F)cs1. The highest BCUT2D eigenvalue weighted by atomic mass is 32.2. The van der Waals surface area contributed by atoms with Gasteiger partial charge in [0, 0.05) is 27.7 Å². The molecular formula is C12H8FNO4S2. The zero-order valence-corrected chi connectivity index (χ0v) is 11.5. The summed E-state index contributed by atoms with van der Waals surface area (Å²) in [6.45, 7) is 0. The molecule has 0 amide bonds. The van der Waals surface area contributed by atoms with Crippen LogP contribution >= 0.6 is 23.1 Å². The third kappa shape index (κ3) is 3.14. The first-order valence-electron chi connectivity index (χ1n) is 5.35. The molecule has 20 heavy (non-hydrogen) atoms. The van der Waals surface area contributed by atoms with Crippen molar-refractivity contribution in [2.24, 2.45) is 0 Å². The minimum absolute atomic E-state index is 0.198. The Morgan fingerprint density at radius 1 is 1.50 bits per heavy atom. The number of thioether (sulfide) groups is 1. The molecule has 0 radical (unpaired) electrons. The van der Waals surface area contributed by atoms with E-state index < -0.39 is 22.4 Å². The number of halogens is 1. The van der Waals surface area contributed by atoms with Crippen LogP contribution in [0, 0.1) is 15.9 Å². The van der Waals surface area contributed by atoms with Gasteiger partial charge in [0.25, 0.3) is 0 Å². The van der Waals surface area contributed by atoms with Crippen LogP contribution in [0.1, 0.15) is 15.2 Å². The minimum Gasteiger partial charge on any atom is -0.477 e. The number of benzene rings is 1. The molecule has 0 atom stereocenters. The van der Waals surface area contributed by atoms with E-state index in [4.69, 9.17) is 5.11 Å². The lowest BCUT2D eigenvalue weighted by molar-refractivity contribution is -0.387. The number of carboxylic acids is 1. The Bertz CT molecular complexity index is 671. The summed E-state index contributed by atoms with van der Waals surface area (Å²) in [5, 5.41) is 21.1. The van der Waals surface area contributed by atoms with Crippen molar-refractivity contribution in [1.29, 1.82) is 0 Å². The summed E-state index contributed by atoms with van der Waals surface area (Å²) in [7, 11) is 0. The van der Waals surface area contributed by atoms with Crippen molar-refractivity contribution in [2.75, 3.05) is 0 Å². The molecule has 0 aliphatic carbocycles. The van der Waals surface area contributed by atoms with E-state index in [1.807, 2.05) is 0 Å². The van der Waals surface area contributed by atoms with Crippen molar-refractivity contribution < 1.29 is 19.2 Å². The molecule has 0 spiro atoms. The van der Waals surface area contributed by atoms with Crippen LogP contribution in [0.25, 0.3) is 0 Å². The topological polar surface area (TPSA) is 80.4 Å². The molecule has 1 aromatic carbocycles. The number of carboxylic acid groups (broad SMARTS) is 1. The van der Waals surface area contributed by atoms with E-state index in [0.29, 0.717) is 4.90 Å². The van der Waals surface area contributed by atoms with Crippen molar-refractivity contribution >= 4 is 34.8 Å². The molecule has 2 aromatic rings. The van der Waals surface area contributed by atoms with Crippen molar-refractivity contribution in [3.05, 3.63) is 56.0 Å². The lowest BCUT2D eigenvalue weighted by Crippen LogP contribution is -1.96. The van der Waals surface area contributed by atoms with E-state index in [1.54, 1.807) is 5.38 Å². The van der Waals surface area contributed by atoms with Gasteiger partial charge in [-0.25, -0.2) is 4.79 Å². The predicted molar refractivity (Wildman–Crippen MR) is 73.9 cm³/mol. The molecule has 0 aliphatic heterocycles. The number of nitro groups is 1. The average Bonchev–Trinajstić information content (AvgIpc) is 2.86. The van der Waals surface area contributed by atoms with Gasteiger partial charge in [-0.3, -0.25) is 10.1 Å². The zero-order valence-electron chi connectivity index (χ0n) is 9.91. The Balaban J connectivity index is 2.12. The summed E-state index contributed by atoms with van der Waals surface area (Å²) >= 11 is 2.31. The molecule has 5 nitrogen and oxygen atoms in total. The van der Waals surface area contributed by atoms with Gasteiger partial charge < -0.3 is 5.11 Å². The van der Waals surface area contributed by atoms with Crippen molar-refractivity contribution in [2.45, 2.75) is 10.6 Å². The number of hydrogen-bond donors (Lipinski definition) is 1. The molecule has 0 saturated carbocycles. The summed E-state index contributed by atoms with van der Waals surface area (Å²) in [4.78, 5) is 21.5. The van der Waals surface area contributed by atoms with Crippen molar-refractivity contribution in [1.82, 2.24) is 0 Å². The quantitative estimate of drug-likeness (QED) is 0.516. The summed E-state index contributed by atoms with van der Waals surface area (Å²) < 4.78 is 13.8. The molecule has 0 aliphatic rings. The largest absolute Gasteiger partial charge is 0.477 e. The van der Waals surface area contributed by atoms with Gasteiger partial charge >= 0.3 is 11.7 Å². The molecule has 8 heteroatoms. The molecular weight excluding hydrogens is 305 g/mol. The van der Waals surface area contributed by atoms with E-state index in [1.165, 1.54) is 30.0 Å². The Hall–Kier alpha value is -1.93. The van der Waals surface area contributed by atoms with Gasteiger partial charge in [0.15, 0.2) is 0 Å². The lowest BCUT2D eigenvalue weighted by atomic mass is 10.2. The highest BCUT2D eigenvalue weighted by Gasteiger charge is 2.17. The van der Waals surface area contributed by atoms with E-state index in [-0.39, 0.29) is 16.2 Å². The molecule has 104 valence electrons. The second-order valence-electron chi connectivity index (χ2n) is 3.75. The fourth-order valence-electron chi connectivity index (χ4n) is 1.49. The van der Waals surface area contributed by atoms with Gasteiger partial charge in [-0.05, 0) is 6.07 Å². The van der Waals surface area contributed by atoms with Crippen LogP contribution in [0.4, 0.5) is 10.1 Å². The lowest BCUT2D eigenvalue weighted by Gasteiger charge is -2.02. The van der Waals surface area contributed by atoms with Crippen LogP contribution in [-0.2, 0) is 5.75 Å². The van der Waals surface area contributed by atoms with Crippen LogP contribution in [0.5, 0.6) is 0 Å². The third-order valence-electron chi connectivity index (χ3n) is 2.44. The number of rotatable bonds is 5. The Morgan fingerprint density at radius 2 is 2.25 bits per heavy atom. The normalized spacial score (nSPS) is 10.4. The molecule has 1 aromatic heterocycles. The standard InChI is InChI=1S/C12H8FNO4S2/c13-11-7(2-1-3-9(11)14(17)18)5-19-8-4-10(12(15)16)20-6-8/h1-4,6H,5H2,(H,15,16). The zero-order chi connectivity index (χ0) is 14.7. The maximum atomic E-state index is 13.8. The Labute approximate surface area is 121 Å². The monoisotopic (exact) mass is 313 g/mol. The fraction of sp³-hybridized carbons (Fsp3) is 0.0833. The van der Waals surface area contributed by atoms with Gasteiger partial charge in [-0.1, -0.05) is 12.1 Å². The highest BCUT2D eigenvalue weighted by molar-refractivity contribution is 7.98. The van der Waals surface area contributed by atoms with Crippen molar-refractivity contribution in [3.8, 4) is 0 Å². The number of aromatic carboxylic acids is 1. The van der Waals surface area contributed by atoms with E-state index in [2.05, 4.69) is 0 Å². The van der Waals surface area contributed by atoms with Gasteiger partial charge in [-0.15, -0.1) is 23.1 Å². The second kappa shape index (κ2) is 6.02. The smallest absolute Gasteiger partial charge is 0.345 e. The van der Waals surface area contributed by atoms with Crippen LogP contribution in [0.3, 0.4) is 0 Å². The van der Waals surface area contributed by atoms with E-state index in [9.17, 15) is 19.3 Å². The Kier molecular flexibility index (Phi) is 4.35. The molecule has 0 saturated heterocycles. The summed E-state index contributed by atoms with van der Waals surface area (Å²) in [6, 6.07) is 5.50. The summed E-state index contributed by atoms with van der Waals surface area (Å²) in [5.74, 6) is -1.66. The molecule has 0 unspecified atom stereocenters. The molecule has 1 heterocycles. The number of thiophene rings is 1. The number of nitrogens with zero attached hydrogens (tertiary/aromatic N) is 1. The summed E-state index contributed by atoms with van der Waals surface area (Å²) in [6.07, 6.45) is 0. The van der Waals surface area contributed by atoms with Crippen molar-refractivity contribution in [3.63, 3.8) is 0 Å². The van der Waals surface area contributed by atoms with Gasteiger partial charge in [0.2, 0.25) is 5.82 Å². The maximum Gasteiger partial charge on any atom is 0.345 e. The van der Waals surface area contributed by atoms with Crippen LogP contribution in [-0.4, -0.2) is 16.0 Å². The molecule has 0 fully saturated rings. The highest BCUT2D eigenvalue weighted by Crippen LogP contribution is 2.30. The van der Waals surface area contributed by atoms with Crippen LogP contribution < -0.4 is 0 Å². The average molecular weight is 313 g/mol. The van der Waals surface area contributed by atoms with E-state index >= 15 is 0 Å². The summed E-state index contributed by atoms with van der Waals surface area (Å²) in [5.41, 5.74) is -0.341. The maximum absolute atomic E-state index is 13.8. The molecule has 1 N–H and O–H groups in total. The van der Waals surface area contributed by atoms with Crippen LogP contribution in [0.2, 0.25) is 0 Å². The number of carbonyl (C=O) groups is 1. The first kappa shape index (κ1) is 14.5. The van der Waals surface area contributed by atoms with Gasteiger partial charge in [0.05, 0.1) is 4.92 Å². The molecule has 2 rings (SSSR count). The van der Waals surface area contributed by atoms with Crippen LogP contribution in [0.15, 0.2) is 34.5 Å². The minimum atomic E-state index is -1.01. The van der Waals surface area contributed by atoms with Gasteiger partial charge in [0.1, 0.15) is 4.88 Å². The number of hydrogen-bond acceptors (Lipinski definition) is 5. The first-order chi connectivity index (χ1) is 9.49. The Morgan fingerprint density at radius 3 is 2.85 bits per heavy atom. The fourth-order valence-corrected chi connectivity index (χ4v) is 3.33. The molecule has 0 bridgehead atoms. The number of nitro benzene ring substituents is 1. The third-order valence-corrected chi connectivity index (χ3v) is 4.53. The van der Waals surface area contributed by atoms with E-state index in [0.717, 1.165) is 17.4 Å². The second-order valence-corrected chi connectivity index (χ2v) is 5.71. The predicted octanol–water partition coefficient (Wildman–Crippen LogP) is 3.79. The first-order valence-corrected chi connectivity index (χ1v) is 7.22.